The fraction of sp³-hybridized carbons (Fsp3) is 0. The highest BCUT2D eigenvalue weighted by atomic mass is 16.3. The molecule has 0 aliphatic heterocycles. The van der Waals surface area contributed by atoms with Gasteiger partial charge in [-0.3, -0.25) is 0 Å². The van der Waals surface area contributed by atoms with E-state index in [1.165, 1.54) is 10.8 Å². The molecule has 0 aliphatic rings. The fourth-order valence-corrected chi connectivity index (χ4v) is 6.93. The quantitative estimate of drug-likeness (QED) is 0.144. The Morgan fingerprint density at radius 2 is 0.980 bits per heavy atom. The first-order valence-electron chi connectivity index (χ1n) is 16.3. The van der Waals surface area contributed by atoms with E-state index < -0.39 is 0 Å². The van der Waals surface area contributed by atoms with Crippen molar-refractivity contribution in [3.63, 3.8) is 0 Å². The molecule has 0 spiro atoms. The largest absolute Gasteiger partial charge is 0.455 e. The van der Waals surface area contributed by atoms with Crippen LogP contribution in [-0.2, 0) is 0 Å². The lowest BCUT2D eigenvalue weighted by Crippen LogP contribution is -2.00. The summed E-state index contributed by atoms with van der Waals surface area (Å²) in [5.74, 6) is 1.77. The van der Waals surface area contributed by atoms with Crippen molar-refractivity contribution in [1.29, 1.82) is 0 Å². The Bertz CT molecular complexity index is 2880. The van der Waals surface area contributed by atoms with Gasteiger partial charge in [0.1, 0.15) is 11.2 Å². The van der Waals surface area contributed by atoms with Crippen LogP contribution in [0.2, 0.25) is 0 Å². The Balaban J connectivity index is 1.13. The standard InChI is InChI=1S/C44H26N4O/c1-2-11-28(12-3-1)42-46-43(48-44(47-42)35-18-10-17-34-33-16-7-9-20-40(33)49-41(34)35)29-23-21-27(22-24-29)36-26-39-37(32-15-6-5-14-31(32)36)25-30-13-4-8-19-38(30)45-39/h1-26H. The molecule has 0 N–H and O–H groups in total. The number of hydrogen-bond acceptors (Lipinski definition) is 5. The molecule has 0 aliphatic carbocycles. The molecule has 3 heterocycles. The maximum atomic E-state index is 6.38. The molecule has 0 atom stereocenters. The summed E-state index contributed by atoms with van der Waals surface area (Å²) in [5, 5.41) is 6.77. The minimum absolute atomic E-state index is 0.566. The fourth-order valence-electron chi connectivity index (χ4n) is 6.93. The molecule has 7 aromatic carbocycles. The van der Waals surface area contributed by atoms with Crippen molar-refractivity contribution in [2.24, 2.45) is 0 Å². The minimum atomic E-state index is 0.566. The highest BCUT2D eigenvalue weighted by molar-refractivity contribution is 6.15. The van der Waals surface area contributed by atoms with E-state index in [0.29, 0.717) is 17.5 Å². The molecule has 228 valence electrons. The second-order valence-electron chi connectivity index (χ2n) is 12.2. The van der Waals surface area contributed by atoms with Crippen LogP contribution in [0.4, 0.5) is 0 Å². The third-order valence-electron chi connectivity index (χ3n) is 9.31. The number of pyridine rings is 1. The van der Waals surface area contributed by atoms with E-state index in [0.717, 1.165) is 71.6 Å². The van der Waals surface area contributed by atoms with Gasteiger partial charge in [0.05, 0.1) is 16.6 Å². The van der Waals surface area contributed by atoms with E-state index in [4.69, 9.17) is 24.4 Å². The third-order valence-corrected chi connectivity index (χ3v) is 9.31. The van der Waals surface area contributed by atoms with Crippen LogP contribution in [0, 0.1) is 0 Å². The first kappa shape index (κ1) is 27.4. The Labute approximate surface area is 281 Å². The monoisotopic (exact) mass is 626 g/mol. The van der Waals surface area contributed by atoms with Crippen molar-refractivity contribution in [2.75, 3.05) is 0 Å². The molecule has 5 nitrogen and oxygen atoms in total. The molecule has 0 saturated carbocycles. The first-order chi connectivity index (χ1) is 24.3. The molecule has 49 heavy (non-hydrogen) atoms. The predicted octanol–water partition coefficient (Wildman–Crippen LogP) is 11.3. The van der Waals surface area contributed by atoms with Gasteiger partial charge in [-0.1, -0.05) is 127 Å². The van der Waals surface area contributed by atoms with Gasteiger partial charge in [0, 0.05) is 32.7 Å². The SMILES string of the molecule is c1ccc(-c2nc(-c3ccc(-c4cc5nc6ccccc6cc5c5ccccc45)cc3)nc(-c3cccc4c3oc3ccccc34)n2)cc1. The molecular formula is C44H26N4O. The second kappa shape index (κ2) is 10.9. The smallest absolute Gasteiger partial charge is 0.167 e. The van der Waals surface area contributed by atoms with Gasteiger partial charge in [-0.15, -0.1) is 0 Å². The highest BCUT2D eigenvalue weighted by Crippen LogP contribution is 2.38. The average Bonchev–Trinajstić information content (AvgIpc) is 3.56. The number of rotatable bonds is 4. The Hall–Kier alpha value is -6.72. The predicted molar refractivity (Wildman–Crippen MR) is 199 cm³/mol. The van der Waals surface area contributed by atoms with Crippen molar-refractivity contribution in [3.05, 3.63) is 158 Å². The van der Waals surface area contributed by atoms with Crippen LogP contribution < -0.4 is 0 Å². The number of furan rings is 1. The van der Waals surface area contributed by atoms with E-state index in [-0.39, 0.29) is 0 Å². The second-order valence-corrected chi connectivity index (χ2v) is 12.2. The van der Waals surface area contributed by atoms with Crippen LogP contribution in [0.3, 0.4) is 0 Å². The molecule has 10 rings (SSSR count). The van der Waals surface area contributed by atoms with Crippen LogP contribution in [0.25, 0.3) is 99.8 Å². The van der Waals surface area contributed by atoms with Crippen molar-refractivity contribution in [3.8, 4) is 45.3 Å². The maximum Gasteiger partial charge on any atom is 0.167 e. The topological polar surface area (TPSA) is 64.7 Å². The summed E-state index contributed by atoms with van der Waals surface area (Å²) in [6.07, 6.45) is 0. The highest BCUT2D eigenvalue weighted by Gasteiger charge is 2.18. The number of hydrogen-bond donors (Lipinski definition) is 0. The van der Waals surface area contributed by atoms with Crippen molar-refractivity contribution in [2.45, 2.75) is 0 Å². The van der Waals surface area contributed by atoms with E-state index in [9.17, 15) is 0 Å². The van der Waals surface area contributed by atoms with E-state index in [1.807, 2.05) is 66.7 Å². The summed E-state index contributed by atoms with van der Waals surface area (Å²) >= 11 is 0. The van der Waals surface area contributed by atoms with Crippen LogP contribution in [0.1, 0.15) is 0 Å². The summed E-state index contributed by atoms with van der Waals surface area (Å²) in [6, 6.07) is 54.1. The van der Waals surface area contributed by atoms with Gasteiger partial charge in [0.15, 0.2) is 17.5 Å². The lowest BCUT2D eigenvalue weighted by molar-refractivity contribution is 0.669. The first-order valence-corrected chi connectivity index (χ1v) is 16.3. The molecule has 0 saturated heterocycles. The zero-order valence-corrected chi connectivity index (χ0v) is 26.2. The lowest BCUT2D eigenvalue weighted by Gasteiger charge is -2.12. The zero-order chi connectivity index (χ0) is 32.3. The van der Waals surface area contributed by atoms with E-state index >= 15 is 0 Å². The van der Waals surface area contributed by atoms with Crippen LogP contribution in [-0.4, -0.2) is 19.9 Å². The number of aromatic nitrogens is 4. The molecule has 10 aromatic rings. The van der Waals surface area contributed by atoms with Crippen molar-refractivity contribution >= 4 is 54.5 Å². The molecule has 3 aromatic heterocycles. The van der Waals surface area contributed by atoms with Gasteiger partial charge in [-0.05, 0) is 52.2 Å². The zero-order valence-electron chi connectivity index (χ0n) is 26.2. The lowest BCUT2D eigenvalue weighted by atomic mass is 9.94. The third kappa shape index (κ3) is 4.55. The molecule has 0 bridgehead atoms. The van der Waals surface area contributed by atoms with Gasteiger partial charge in [0.25, 0.3) is 0 Å². The molecule has 0 radical (unpaired) electrons. The van der Waals surface area contributed by atoms with Crippen molar-refractivity contribution < 1.29 is 4.42 Å². The van der Waals surface area contributed by atoms with Gasteiger partial charge < -0.3 is 4.42 Å². The summed E-state index contributed by atoms with van der Waals surface area (Å²) in [4.78, 5) is 20.1. The summed E-state index contributed by atoms with van der Waals surface area (Å²) < 4.78 is 6.38. The van der Waals surface area contributed by atoms with Gasteiger partial charge >= 0.3 is 0 Å². The van der Waals surface area contributed by atoms with Crippen LogP contribution >= 0.6 is 0 Å². The number of fused-ring (bicyclic) bond motifs is 7. The van der Waals surface area contributed by atoms with Crippen LogP contribution in [0.15, 0.2) is 162 Å². The molecule has 0 fully saturated rings. The Kier molecular flexibility index (Phi) is 6.11. The van der Waals surface area contributed by atoms with Gasteiger partial charge in [0.2, 0.25) is 0 Å². The average molecular weight is 627 g/mol. The molecule has 0 amide bonds. The van der Waals surface area contributed by atoms with Gasteiger partial charge in [-0.2, -0.15) is 0 Å². The minimum Gasteiger partial charge on any atom is -0.455 e. The summed E-state index contributed by atoms with van der Waals surface area (Å²) in [7, 11) is 0. The van der Waals surface area contributed by atoms with Gasteiger partial charge in [-0.25, -0.2) is 19.9 Å². The molecular weight excluding hydrogens is 601 g/mol. The molecule has 5 heteroatoms. The summed E-state index contributed by atoms with van der Waals surface area (Å²) in [6.45, 7) is 0. The number of benzene rings is 7. The Morgan fingerprint density at radius 1 is 0.347 bits per heavy atom. The normalized spacial score (nSPS) is 11.7. The number of nitrogens with zero attached hydrogens (tertiary/aromatic N) is 4. The van der Waals surface area contributed by atoms with Crippen LogP contribution in [0.5, 0.6) is 0 Å². The Morgan fingerprint density at radius 3 is 1.82 bits per heavy atom. The van der Waals surface area contributed by atoms with E-state index in [1.54, 1.807) is 0 Å². The maximum absolute atomic E-state index is 6.38. The summed E-state index contributed by atoms with van der Waals surface area (Å²) in [5.41, 5.74) is 8.45. The molecule has 0 unspecified atom stereocenters. The van der Waals surface area contributed by atoms with E-state index in [2.05, 4.69) is 91.0 Å². The number of para-hydroxylation sites is 3. The van der Waals surface area contributed by atoms with Crippen molar-refractivity contribution in [1.82, 2.24) is 19.9 Å².